The standard InChI is InChI=1S/C15H14N2O/c1-10-11-6-2-3-7-12(11)13-8-4-5-9-14(13)17(16)15(10)18/h2-10H,16H2,1H3/t10-/m1/s1. The van der Waals surface area contributed by atoms with E-state index in [0.717, 1.165) is 22.4 Å². The Bertz CT molecular complexity index is 568. The van der Waals surface area contributed by atoms with Crippen molar-refractivity contribution >= 4 is 11.6 Å². The Labute approximate surface area is 106 Å². The second kappa shape index (κ2) is 3.96. The number of rotatable bonds is 0. The van der Waals surface area contributed by atoms with Gasteiger partial charge in [-0.3, -0.25) is 4.79 Å². The molecule has 1 aliphatic heterocycles. The predicted molar refractivity (Wildman–Crippen MR) is 72.0 cm³/mol. The van der Waals surface area contributed by atoms with E-state index in [-0.39, 0.29) is 11.8 Å². The molecule has 1 aliphatic rings. The van der Waals surface area contributed by atoms with Crippen LogP contribution in [-0.4, -0.2) is 5.91 Å². The van der Waals surface area contributed by atoms with Gasteiger partial charge in [0.1, 0.15) is 0 Å². The first-order valence-corrected chi connectivity index (χ1v) is 5.97. The summed E-state index contributed by atoms with van der Waals surface area (Å²) in [4.78, 5) is 12.3. The number of anilines is 1. The number of nitrogens with zero attached hydrogens (tertiary/aromatic N) is 1. The SMILES string of the molecule is C[C@H]1C(=O)N(N)c2ccccc2-c2ccccc21. The molecule has 1 amide bonds. The molecule has 3 rings (SSSR count). The van der Waals surface area contributed by atoms with Crippen molar-refractivity contribution in [3.05, 3.63) is 54.1 Å². The van der Waals surface area contributed by atoms with Crippen LogP contribution in [0.1, 0.15) is 18.4 Å². The van der Waals surface area contributed by atoms with E-state index >= 15 is 0 Å². The van der Waals surface area contributed by atoms with E-state index in [2.05, 4.69) is 0 Å². The van der Waals surface area contributed by atoms with Crippen LogP contribution < -0.4 is 10.9 Å². The van der Waals surface area contributed by atoms with Gasteiger partial charge in [0.15, 0.2) is 0 Å². The first-order chi connectivity index (χ1) is 8.70. The summed E-state index contributed by atoms with van der Waals surface area (Å²) in [5, 5.41) is 1.26. The molecule has 0 unspecified atom stereocenters. The van der Waals surface area contributed by atoms with Crippen LogP contribution in [0.15, 0.2) is 48.5 Å². The number of amides is 1. The third kappa shape index (κ3) is 1.45. The molecular formula is C15H14N2O. The van der Waals surface area contributed by atoms with Gasteiger partial charge in [0.2, 0.25) is 5.91 Å². The van der Waals surface area contributed by atoms with Crippen molar-refractivity contribution in [2.24, 2.45) is 5.84 Å². The van der Waals surface area contributed by atoms with Crippen molar-refractivity contribution in [2.75, 3.05) is 5.01 Å². The molecule has 1 heterocycles. The van der Waals surface area contributed by atoms with Crippen LogP contribution in [0.3, 0.4) is 0 Å². The molecule has 2 aromatic carbocycles. The second-order valence-corrected chi connectivity index (χ2v) is 4.53. The van der Waals surface area contributed by atoms with Gasteiger partial charge in [-0.05, 0) is 24.1 Å². The number of hydrogen-bond acceptors (Lipinski definition) is 2. The maximum absolute atomic E-state index is 12.3. The van der Waals surface area contributed by atoms with E-state index in [0.29, 0.717) is 0 Å². The average molecular weight is 238 g/mol. The predicted octanol–water partition coefficient (Wildman–Crippen LogP) is 2.68. The Kier molecular flexibility index (Phi) is 2.42. The third-order valence-electron chi connectivity index (χ3n) is 3.49. The number of carbonyl (C=O) groups excluding carboxylic acids is 1. The Morgan fingerprint density at radius 1 is 1.00 bits per heavy atom. The number of benzene rings is 2. The lowest BCUT2D eigenvalue weighted by molar-refractivity contribution is -0.119. The Hall–Kier alpha value is -2.13. The molecule has 1 atom stereocenters. The fraction of sp³-hybridized carbons (Fsp3) is 0.133. The lowest BCUT2D eigenvalue weighted by Crippen LogP contribution is -2.39. The minimum Gasteiger partial charge on any atom is -0.272 e. The minimum atomic E-state index is -0.224. The summed E-state index contributed by atoms with van der Waals surface area (Å²) in [5.41, 5.74) is 3.89. The number of hydrazine groups is 1. The zero-order chi connectivity index (χ0) is 12.7. The molecule has 90 valence electrons. The highest BCUT2D eigenvalue weighted by molar-refractivity contribution is 6.04. The summed E-state index contributed by atoms with van der Waals surface area (Å²) in [7, 11) is 0. The lowest BCUT2D eigenvalue weighted by atomic mass is 9.92. The van der Waals surface area contributed by atoms with Crippen molar-refractivity contribution in [2.45, 2.75) is 12.8 Å². The molecule has 2 aromatic rings. The molecule has 0 aliphatic carbocycles. The zero-order valence-electron chi connectivity index (χ0n) is 10.1. The van der Waals surface area contributed by atoms with E-state index in [4.69, 9.17) is 5.84 Å². The van der Waals surface area contributed by atoms with Crippen molar-refractivity contribution in [3.63, 3.8) is 0 Å². The van der Waals surface area contributed by atoms with E-state index in [1.807, 2.05) is 55.5 Å². The number of para-hydroxylation sites is 1. The second-order valence-electron chi connectivity index (χ2n) is 4.53. The normalized spacial score (nSPS) is 18.0. The monoisotopic (exact) mass is 238 g/mol. The highest BCUT2D eigenvalue weighted by atomic mass is 16.2. The van der Waals surface area contributed by atoms with Crippen LogP contribution in [0.5, 0.6) is 0 Å². The first kappa shape index (κ1) is 11.0. The van der Waals surface area contributed by atoms with Crippen LogP contribution in [0.2, 0.25) is 0 Å². The largest absolute Gasteiger partial charge is 0.272 e. The fourth-order valence-corrected chi connectivity index (χ4v) is 2.49. The molecule has 0 saturated carbocycles. The highest BCUT2D eigenvalue weighted by Crippen LogP contribution is 2.39. The van der Waals surface area contributed by atoms with Gasteiger partial charge < -0.3 is 0 Å². The van der Waals surface area contributed by atoms with Crippen LogP contribution in [0.25, 0.3) is 11.1 Å². The fourth-order valence-electron chi connectivity index (χ4n) is 2.49. The van der Waals surface area contributed by atoms with Crippen LogP contribution in [0.4, 0.5) is 5.69 Å². The summed E-state index contributed by atoms with van der Waals surface area (Å²) < 4.78 is 0. The molecule has 3 heteroatoms. The van der Waals surface area contributed by atoms with Gasteiger partial charge in [-0.1, -0.05) is 42.5 Å². The van der Waals surface area contributed by atoms with E-state index in [9.17, 15) is 4.79 Å². The number of hydrogen-bond donors (Lipinski definition) is 1. The van der Waals surface area contributed by atoms with Crippen molar-refractivity contribution in [1.29, 1.82) is 0 Å². The number of carbonyl (C=O) groups is 1. The van der Waals surface area contributed by atoms with Crippen LogP contribution in [-0.2, 0) is 4.79 Å². The molecule has 0 fully saturated rings. The molecule has 0 radical (unpaired) electrons. The van der Waals surface area contributed by atoms with Gasteiger partial charge in [0.25, 0.3) is 0 Å². The summed E-state index contributed by atoms with van der Waals surface area (Å²) >= 11 is 0. The van der Waals surface area contributed by atoms with Crippen LogP contribution in [0, 0.1) is 0 Å². The molecule has 3 nitrogen and oxygen atoms in total. The van der Waals surface area contributed by atoms with Gasteiger partial charge in [0, 0.05) is 5.56 Å². The highest BCUT2D eigenvalue weighted by Gasteiger charge is 2.29. The summed E-state index contributed by atoms with van der Waals surface area (Å²) in [6.45, 7) is 1.90. The summed E-state index contributed by atoms with van der Waals surface area (Å²) in [5.74, 6) is 5.64. The summed E-state index contributed by atoms with van der Waals surface area (Å²) in [6.07, 6.45) is 0. The Morgan fingerprint density at radius 2 is 1.61 bits per heavy atom. The summed E-state index contributed by atoms with van der Waals surface area (Å²) in [6, 6.07) is 15.7. The first-order valence-electron chi connectivity index (χ1n) is 5.97. The molecule has 2 N–H and O–H groups in total. The maximum Gasteiger partial charge on any atom is 0.248 e. The van der Waals surface area contributed by atoms with E-state index < -0.39 is 0 Å². The van der Waals surface area contributed by atoms with Crippen molar-refractivity contribution in [3.8, 4) is 11.1 Å². The van der Waals surface area contributed by atoms with E-state index in [1.165, 1.54) is 5.01 Å². The molecule has 0 spiro atoms. The Balaban J connectivity index is 2.36. The molecule has 0 bridgehead atoms. The molecular weight excluding hydrogens is 224 g/mol. The van der Waals surface area contributed by atoms with Gasteiger partial charge in [-0.25, -0.2) is 10.9 Å². The van der Waals surface area contributed by atoms with E-state index in [1.54, 1.807) is 0 Å². The van der Waals surface area contributed by atoms with Gasteiger partial charge in [-0.15, -0.1) is 0 Å². The average Bonchev–Trinajstić information content (AvgIpc) is 2.51. The van der Waals surface area contributed by atoms with Crippen LogP contribution >= 0.6 is 0 Å². The van der Waals surface area contributed by atoms with Gasteiger partial charge in [-0.2, -0.15) is 0 Å². The zero-order valence-corrected chi connectivity index (χ0v) is 10.1. The molecule has 0 aromatic heterocycles. The quantitative estimate of drug-likeness (QED) is 0.566. The number of nitrogens with two attached hydrogens (primary N) is 1. The Morgan fingerprint density at radius 3 is 2.39 bits per heavy atom. The van der Waals surface area contributed by atoms with Gasteiger partial charge in [0.05, 0.1) is 11.6 Å². The minimum absolute atomic E-state index is 0.0765. The van der Waals surface area contributed by atoms with Crippen molar-refractivity contribution < 1.29 is 4.79 Å². The molecule has 0 saturated heterocycles. The number of fused-ring (bicyclic) bond motifs is 3. The smallest absolute Gasteiger partial charge is 0.248 e. The molecule has 18 heavy (non-hydrogen) atoms. The third-order valence-corrected chi connectivity index (χ3v) is 3.49. The maximum atomic E-state index is 12.3. The van der Waals surface area contributed by atoms with Gasteiger partial charge >= 0.3 is 0 Å². The lowest BCUT2D eigenvalue weighted by Gasteiger charge is -2.18. The van der Waals surface area contributed by atoms with Crippen molar-refractivity contribution in [1.82, 2.24) is 0 Å². The topological polar surface area (TPSA) is 46.3 Å².